The second kappa shape index (κ2) is 7.51. The molecule has 26 heavy (non-hydrogen) atoms. The lowest BCUT2D eigenvalue weighted by Gasteiger charge is -2.24. The minimum atomic E-state index is -1.11. The fourth-order valence-electron chi connectivity index (χ4n) is 2.99. The second-order valence-corrected chi connectivity index (χ2v) is 6.33. The van der Waals surface area contributed by atoms with Gasteiger partial charge >= 0.3 is 0 Å². The summed E-state index contributed by atoms with van der Waals surface area (Å²) in [5, 5.41) is 7.44. The van der Waals surface area contributed by atoms with Gasteiger partial charge in [-0.1, -0.05) is 17.3 Å². The molecule has 1 aliphatic heterocycles. The molecule has 0 radical (unpaired) electrons. The van der Waals surface area contributed by atoms with Crippen LogP contribution in [0.15, 0.2) is 30.5 Å². The average molecular weight is 361 g/mol. The van der Waals surface area contributed by atoms with E-state index in [0.717, 1.165) is 5.56 Å². The molecular formula is C17H20FN5O3. The highest BCUT2D eigenvalue weighted by molar-refractivity contribution is 5.90. The standard InChI is InChI=1S/C17H20FN5O3/c1-11-3-2-4-14(5-11)26-10-16(24)23-7-12(18)6-13(23)8-22-9-15(17(19)25)20-21-22/h2-5,9,12-13H,6-8,10H2,1H3,(H2,19,25)/t12-,13-/m0/s1. The summed E-state index contributed by atoms with van der Waals surface area (Å²) in [7, 11) is 0. The molecule has 138 valence electrons. The summed E-state index contributed by atoms with van der Waals surface area (Å²) >= 11 is 0. The molecule has 2 N–H and O–H groups in total. The fraction of sp³-hybridized carbons (Fsp3) is 0.412. The van der Waals surface area contributed by atoms with Crippen molar-refractivity contribution in [2.75, 3.05) is 13.2 Å². The van der Waals surface area contributed by atoms with Crippen molar-refractivity contribution in [1.29, 1.82) is 0 Å². The Morgan fingerprint density at radius 2 is 2.23 bits per heavy atom. The first-order chi connectivity index (χ1) is 12.4. The highest BCUT2D eigenvalue weighted by Crippen LogP contribution is 2.22. The van der Waals surface area contributed by atoms with Gasteiger partial charge in [0, 0.05) is 6.42 Å². The van der Waals surface area contributed by atoms with E-state index in [9.17, 15) is 14.0 Å². The summed E-state index contributed by atoms with van der Waals surface area (Å²) in [6, 6.07) is 6.97. The van der Waals surface area contributed by atoms with Gasteiger partial charge in [0.2, 0.25) is 0 Å². The van der Waals surface area contributed by atoms with Gasteiger partial charge in [-0.15, -0.1) is 5.10 Å². The van der Waals surface area contributed by atoms with Gasteiger partial charge in [0.25, 0.3) is 11.8 Å². The van der Waals surface area contributed by atoms with Crippen LogP contribution >= 0.6 is 0 Å². The number of aryl methyl sites for hydroxylation is 1. The summed E-state index contributed by atoms with van der Waals surface area (Å²) in [6.45, 7) is 2.00. The van der Waals surface area contributed by atoms with Crippen molar-refractivity contribution >= 4 is 11.8 Å². The van der Waals surface area contributed by atoms with E-state index in [1.165, 1.54) is 15.8 Å². The van der Waals surface area contributed by atoms with Crippen molar-refractivity contribution in [1.82, 2.24) is 19.9 Å². The number of nitrogens with zero attached hydrogens (tertiary/aromatic N) is 4. The predicted molar refractivity (Wildman–Crippen MR) is 90.2 cm³/mol. The number of carbonyl (C=O) groups excluding carboxylic acids is 2. The molecule has 8 nitrogen and oxygen atoms in total. The molecule has 1 aliphatic rings. The topological polar surface area (TPSA) is 103 Å². The average Bonchev–Trinajstić information content (AvgIpc) is 3.20. The first-order valence-electron chi connectivity index (χ1n) is 8.25. The Balaban J connectivity index is 1.62. The number of rotatable bonds is 6. The first-order valence-corrected chi connectivity index (χ1v) is 8.25. The highest BCUT2D eigenvalue weighted by Gasteiger charge is 2.36. The predicted octanol–water partition coefficient (Wildman–Crippen LogP) is 0.703. The summed E-state index contributed by atoms with van der Waals surface area (Å²) in [5.74, 6) is -0.398. The third-order valence-electron chi connectivity index (χ3n) is 4.22. The number of hydrogen-bond donors (Lipinski definition) is 1. The molecule has 2 amide bonds. The zero-order valence-electron chi connectivity index (χ0n) is 14.3. The smallest absolute Gasteiger partial charge is 0.270 e. The van der Waals surface area contributed by atoms with Crippen LogP contribution in [0, 0.1) is 6.92 Å². The van der Waals surface area contributed by atoms with Gasteiger partial charge in [-0.05, 0) is 24.6 Å². The molecule has 0 unspecified atom stereocenters. The van der Waals surface area contributed by atoms with Crippen LogP contribution in [0.3, 0.4) is 0 Å². The molecule has 0 saturated carbocycles. The minimum absolute atomic E-state index is 0.0120. The van der Waals surface area contributed by atoms with Crippen molar-refractivity contribution in [3.63, 3.8) is 0 Å². The quantitative estimate of drug-likeness (QED) is 0.816. The molecule has 3 rings (SSSR count). The number of hydrogen-bond acceptors (Lipinski definition) is 5. The van der Waals surface area contributed by atoms with E-state index < -0.39 is 12.1 Å². The van der Waals surface area contributed by atoms with Crippen molar-refractivity contribution in [3.05, 3.63) is 41.7 Å². The third kappa shape index (κ3) is 4.16. The number of primary amides is 1. The molecule has 9 heteroatoms. The third-order valence-corrected chi connectivity index (χ3v) is 4.22. The van der Waals surface area contributed by atoms with Gasteiger partial charge in [0.05, 0.1) is 25.3 Å². The van der Waals surface area contributed by atoms with Gasteiger partial charge in [-0.25, -0.2) is 9.07 Å². The Kier molecular flexibility index (Phi) is 5.15. The zero-order valence-corrected chi connectivity index (χ0v) is 14.3. The summed E-state index contributed by atoms with van der Waals surface area (Å²) in [5.41, 5.74) is 6.19. The SMILES string of the molecule is Cc1cccc(OCC(=O)N2C[C@@H](F)C[C@H]2Cn2cc(C(N)=O)nn2)c1. The summed E-state index contributed by atoms with van der Waals surface area (Å²) in [4.78, 5) is 25.0. The number of halogens is 1. The van der Waals surface area contributed by atoms with Crippen LogP contribution in [-0.4, -0.2) is 57.1 Å². The molecular weight excluding hydrogens is 341 g/mol. The Bertz CT molecular complexity index is 809. The molecule has 0 bridgehead atoms. The van der Waals surface area contributed by atoms with E-state index in [4.69, 9.17) is 10.5 Å². The second-order valence-electron chi connectivity index (χ2n) is 6.33. The van der Waals surface area contributed by atoms with E-state index >= 15 is 0 Å². The van der Waals surface area contributed by atoms with E-state index in [1.807, 2.05) is 25.1 Å². The molecule has 1 aromatic heterocycles. The van der Waals surface area contributed by atoms with Gasteiger partial charge in [0.15, 0.2) is 12.3 Å². The highest BCUT2D eigenvalue weighted by atomic mass is 19.1. The molecule has 0 aliphatic carbocycles. The van der Waals surface area contributed by atoms with Gasteiger partial charge in [0.1, 0.15) is 11.9 Å². The summed E-state index contributed by atoms with van der Waals surface area (Å²) in [6.07, 6.45) is 0.476. The Hall–Kier alpha value is -2.97. The molecule has 2 atom stereocenters. The molecule has 0 spiro atoms. The number of benzene rings is 1. The van der Waals surface area contributed by atoms with Crippen LogP contribution < -0.4 is 10.5 Å². The Morgan fingerprint density at radius 1 is 1.42 bits per heavy atom. The molecule has 1 fully saturated rings. The normalized spacial score (nSPS) is 19.5. The Morgan fingerprint density at radius 3 is 2.92 bits per heavy atom. The van der Waals surface area contributed by atoms with Crippen molar-refractivity contribution in [2.24, 2.45) is 5.73 Å². The number of amides is 2. The maximum Gasteiger partial charge on any atom is 0.270 e. The number of aromatic nitrogens is 3. The fourth-order valence-corrected chi connectivity index (χ4v) is 2.99. The number of ether oxygens (including phenoxy) is 1. The number of alkyl halides is 1. The van der Waals surface area contributed by atoms with Crippen LogP contribution in [0.4, 0.5) is 4.39 Å². The van der Waals surface area contributed by atoms with E-state index in [-0.39, 0.29) is 43.8 Å². The summed E-state index contributed by atoms with van der Waals surface area (Å²) < 4.78 is 20.8. The minimum Gasteiger partial charge on any atom is -0.484 e. The first kappa shape index (κ1) is 17.8. The van der Waals surface area contributed by atoms with Crippen LogP contribution in [0.25, 0.3) is 0 Å². The number of carbonyl (C=O) groups is 2. The van der Waals surface area contributed by atoms with E-state index in [0.29, 0.717) is 5.75 Å². The molecule has 2 aromatic rings. The van der Waals surface area contributed by atoms with E-state index in [2.05, 4.69) is 10.3 Å². The van der Waals surface area contributed by atoms with Crippen LogP contribution in [0.5, 0.6) is 5.75 Å². The Labute approximate surface area is 149 Å². The lowest BCUT2D eigenvalue weighted by molar-refractivity contribution is -0.134. The number of nitrogens with two attached hydrogens (primary N) is 1. The lowest BCUT2D eigenvalue weighted by Crippen LogP contribution is -2.41. The largest absolute Gasteiger partial charge is 0.484 e. The van der Waals surface area contributed by atoms with Crippen LogP contribution in [0.1, 0.15) is 22.5 Å². The number of likely N-dealkylation sites (tertiary alicyclic amines) is 1. The maximum atomic E-state index is 13.9. The van der Waals surface area contributed by atoms with Gasteiger partial charge in [-0.3, -0.25) is 9.59 Å². The van der Waals surface area contributed by atoms with Gasteiger partial charge in [-0.2, -0.15) is 0 Å². The molecule has 1 saturated heterocycles. The van der Waals surface area contributed by atoms with Crippen LogP contribution in [0.2, 0.25) is 0 Å². The maximum absolute atomic E-state index is 13.9. The van der Waals surface area contributed by atoms with Crippen molar-refractivity contribution in [2.45, 2.75) is 32.1 Å². The van der Waals surface area contributed by atoms with Crippen molar-refractivity contribution in [3.8, 4) is 5.75 Å². The monoisotopic (exact) mass is 361 g/mol. The van der Waals surface area contributed by atoms with Gasteiger partial charge < -0.3 is 15.4 Å². The molecule has 1 aromatic carbocycles. The lowest BCUT2D eigenvalue weighted by atomic mass is 10.2. The zero-order chi connectivity index (χ0) is 18.7. The van der Waals surface area contributed by atoms with Crippen molar-refractivity contribution < 1.29 is 18.7 Å². The van der Waals surface area contributed by atoms with E-state index in [1.54, 1.807) is 6.07 Å². The molecule has 2 heterocycles. The van der Waals surface area contributed by atoms with Crippen LogP contribution in [-0.2, 0) is 11.3 Å².